The first-order valence-corrected chi connectivity index (χ1v) is 10.5. The van der Waals surface area contributed by atoms with Crippen LogP contribution in [0, 0.1) is 0 Å². The van der Waals surface area contributed by atoms with Crippen LogP contribution in [-0.4, -0.2) is 36.0 Å². The number of aliphatic hydroxyl groups is 1. The van der Waals surface area contributed by atoms with Crippen LogP contribution in [0.3, 0.4) is 0 Å². The molecule has 0 aliphatic heterocycles. The van der Waals surface area contributed by atoms with Crippen LogP contribution in [0.1, 0.15) is 49.1 Å². The van der Waals surface area contributed by atoms with Crippen LogP contribution in [0.25, 0.3) is 0 Å². The molecule has 0 spiro atoms. The molecule has 7 nitrogen and oxygen atoms in total. The van der Waals surface area contributed by atoms with Crippen molar-refractivity contribution in [3.63, 3.8) is 0 Å². The van der Waals surface area contributed by atoms with Crippen molar-refractivity contribution >= 4 is 23.4 Å². The first kappa shape index (κ1) is 24.1. The lowest BCUT2D eigenvalue weighted by atomic mass is 9.91. The van der Waals surface area contributed by atoms with E-state index < -0.39 is 11.8 Å². The maximum Gasteiger partial charge on any atom is 0.231 e. The van der Waals surface area contributed by atoms with Crippen LogP contribution in [-0.2, 0) is 20.8 Å². The summed E-state index contributed by atoms with van der Waals surface area (Å²) in [7, 11) is 0. The van der Waals surface area contributed by atoms with E-state index in [1.54, 1.807) is 4.90 Å². The first-order valence-electron chi connectivity index (χ1n) is 10.5. The average molecular weight is 426 g/mol. The second kappa shape index (κ2) is 12.5. The number of benzene rings is 2. The molecule has 5 N–H and O–H groups in total. The van der Waals surface area contributed by atoms with Gasteiger partial charge in [0.25, 0.3) is 0 Å². The molecule has 1 unspecified atom stereocenters. The summed E-state index contributed by atoms with van der Waals surface area (Å²) in [5.74, 6) is -1.24. The van der Waals surface area contributed by atoms with Gasteiger partial charge in [0.15, 0.2) is 0 Å². The number of primary amides is 2. The molecule has 0 bridgehead atoms. The molecule has 0 aliphatic rings. The van der Waals surface area contributed by atoms with Gasteiger partial charge in [-0.05, 0) is 36.1 Å². The summed E-state index contributed by atoms with van der Waals surface area (Å²) >= 11 is 0. The normalized spacial score (nSPS) is 11.6. The van der Waals surface area contributed by atoms with Crippen LogP contribution in [0.15, 0.2) is 54.6 Å². The second-order valence-electron chi connectivity index (χ2n) is 7.54. The number of aliphatic hydroxyl groups excluding tert-OH is 1. The third-order valence-electron chi connectivity index (χ3n) is 5.19. The molecule has 0 saturated heterocycles. The van der Waals surface area contributed by atoms with Crippen molar-refractivity contribution in [1.29, 1.82) is 0 Å². The average Bonchev–Trinajstić information content (AvgIpc) is 2.75. The summed E-state index contributed by atoms with van der Waals surface area (Å²) in [5.41, 5.74) is 13.1. The molecule has 0 fully saturated rings. The molecule has 0 radical (unpaired) electrons. The zero-order chi connectivity index (χ0) is 22.6. The number of para-hydroxylation sites is 1. The molecule has 1 atom stereocenters. The Morgan fingerprint density at radius 3 is 2.16 bits per heavy atom. The lowest BCUT2D eigenvalue weighted by Crippen LogP contribution is -2.34. The minimum atomic E-state index is -0.409. The zero-order valence-corrected chi connectivity index (χ0v) is 17.7. The van der Waals surface area contributed by atoms with Crippen LogP contribution in [0.4, 0.5) is 5.69 Å². The lowest BCUT2D eigenvalue weighted by Gasteiger charge is -2.22. The van der Waals surface area contributed by atoms with Gasteiger partial charge in [-0.3, -0.25) is 14.4 Å². The molecular weight excluding hydrogens is 394 g/mol. The standard InChI is InChI=1S/C24H31N3O4/c25-22(29)10-6-2-5-9-21(24(26)31)19-13-11-18(12-14-19)17-23(30)27(15-16-28)20-7-3-1-4-8-20/h1,3-4,7-8,11-14,21,28H,2,5-6,9-10,15-17H2,(H2,25,29)(H2,26,31). The third kappa shape index (κ3) is 7.86. The number of nitrogens with two attached hydrogens (primary N) is 2. The summed E-state index contributed by atoms with van der Waals surface area (Å²) in [6.07, 6.45) is 3.41. The molecule has 2 rings (SSSR count). The summed E-state index contributed by atoms with van der Waals surface area (Å²) in [6.45, 7) is 0.0970. The first-order chi connectivity index (χ1) is 14.9. The quantitative estimate of drug-likeness (QED) is 0.425. The van der Waals surface area contributed by atoms with Gasteiger partial charge in [-0.25, -0.2) is 0 Å². The van der Waals surface area contributed by atoms with E-state index >= 15 is 0 Å². The van der Waals surface area contributed by atoms with E-state index in [4.69, 9.17) is 11.5 Å². The topological polar surface area (TPSA) is 127 Å². The molecule has 31 heavy (non-hydrogen) atoms. The fourth-order valence-electron chi connectivity index (χ4n) is 3.54. The Morgan fingerprint density at radius 2 is 1.58 bits per heavy atom. The lowest BCUT2D eigenvalue weighted by molar-refractivity contribution is -0.120. The summed E-state index contributed by atoms with van der Waals surface area (Å²) in [4.78, 5) is 37.1. The number of unbranched alkanes of at least 4 members (excludes halogenated alkanes) is 2. The number of carbonyl (C=O) groups is 3. The van der Waals surface area contributed by atoms with Gasteiger partial charge < -0.3 is 21.5 Å². The highest BCUT2D eigenvalue weighted by Crippen LogP contribution is 2.23. The monoisotopic (exact) mass is 425 g/mol. The summed E-state index contributed by atoms with van der Waals surface area (Å²) in [5, 5.41) is 9.33. The Hall–Kier alpha value is -3.19. The number of anilines is 1. The Labute approximate surface area is 183 Å². The Kier molecular flexibility index (Phi) is 9.71. The predicted molar refractivity (Wildman–Crippen MR) is 120 cm³/mol. The maximum atomic E-state index is 12.8. The van der Waals surface area contributed by atoms with Gasteiger partial charge in [0.2, 0.25) is 17.7 Å². The molecule has 2 aromatic carbocycles. The van der Waals surface area contributed by atoms with Gasteiger partial charge in [-0.15, -0.1) is 0 Å². The fourth-order valence-corrected chi connectivity index (χ4v) is 3.54. The molecule has 0 aliphatic carbocycles. The smallest absolute Gasteiger partial charge is 0.231 e. The number of amides is 3. The molecule has 0 aromatic heterocycles. The van der Waals surface area contributed by atoms with Gasteiger partial charge >= 0.3 is 0 Å². The fraction of sp³-hybridized carbons (Fsp3) is 0.375. The number of carbonyl (C=O) groups excluding carboxylic acids is 3. The van der Waals surface area contributed by atoms with Crippen molar-refractivity contribution in [2.24, 2.45) is 11.5 Å². The Bertz CT molecular complexity index is 853. The highest BCUT2D eigenvalue weighted by atomic mass is 16.3. The highest BCUT2D eigenvalue weighted by Gasteiger charge is 2.19. The number of nitrogens with zero attached hydrogens (tertiary/aromatic N) is 1. The SMILES string of the molecule is NC(=O)CCCCCC(C(N)=O)c1ccc(CC(=O)N(CCO)c2ccccc2)cc1. The van der Waals surface area contributed by atoms with E-state index in [1.165, 1.54) is 0 Å². The van der Waals surface area contributed by atoms with Gasteiger partial charge in [-0.2, -0.15) is 0 Å². The number of rotatable bonds is 13. The minimum Gasteiger partial charge on any atom is -0.395 e. The van der Waals surface area contributed by atoms with Gasteiger partial charge in [0, 0.05) is 18.7 Å². The highest BCUT2D eigenvalue weighted by molar-refractivity contribution is 5.94. The largest absolute Gasteiger partial charge is 0.395 e. The van der Waals surface area contributed by atoms with Crippen molar-refractivity contribution in [2.75, 3.05) is 18.1 Å². The van der Waals surface area contributed by atoms with E-state index in [0.29, 0.717) is 19.3 Å². The Morgan fingerprint density at radius 1 is 0.903 bits per heavy atom. The van der Waals surface area contributed by atoms with Gasteiger partial charge in [0.05, 0.1) is 18.9 Å². The van der Waals surface area contributed by atoms with E-state index in [2.05, 4.69) is 0 Å². The van der Waals surface area contributed by atoms with Crippen molar-refractivity contribution in [3.8, 4) is 0 Å². The molecular formula is C24H31N3O4. The van der Waals surface area contributed by atoms with Gasteiger partial charge in [-0.1, -0.05) is 55.3 Å². The minimum absolute atomic E-state index is 0.117. The van der Waals surface area contributed by atoms with E-state index in [9.17, 15) is 19.5 Å². The van der Waals surface area contributed by atoms with Crippen molar-refractivity contribution in [1.82, 2.24) is 0 Å². The van der Waals surface area contributed by atoms with Gasteiger partial charge in [0.1, 0.15) is 0 Å². The van der Waals surface area contributed by atoms with Crippen LogP contribution in [0.5, 0.6) is 0 Å². The van der Waals surface area contributed by atoms with Crippen LogP contribution < -0.4 is 16.4 Å². The molecule has 0 saturated carbocycles. The maximum absolute atomic E-state index is 12.8. The molecule has 0 heterocycles. The molecule has 7 heteroatoms. The van der Waals surface area contributed by atoms with E-state index in [-0.39, 0.29) is 31.4 Å². The number of hydrogen-bond acceptors (Lipinski definition) is 4. The summed E-state index contributed by atoms with van der Waals surface area (Å²) in [6, 6.07) is 16.6. The van der Waals surface area contributed by atoms with Crippen molar-refractivity contribution < 1.29 is 19.5 Å². The molecule has 2 aromatic rings. The number of hydrogen-bond donors (Lipinski definition) is 3. The third-order valence-corrected chi connectivity index (χ3v) is 5.19. The predicted octanol–water partition coefficient (Wildman–Crippen LogP) is 2.26. The second-order valence-corrected chi connectivity index (χ2v) is 7.54. The zero-order valence-electron chi connectivity index (χ0n) is 17.7. The summed E-state index contributed by atoms with van der Waals surface area (Å²) < 4.78 is 0. The van der Waals surface area contributed by atoms with E-state index in [1.807, 2.05) is 54.6 Å². The Balaban J connectivity index is 1.99. The van der Waals surface area contributed by atoms with Crippen molar-refractivity contribution in [2.45, 2.75) is 44.4 Å². The van der Waals surface area contributed by atoms with Crippen molar-refractivity contribution in [3.05, 3.63) is 65.7 Å². The molecule has 3 amide bonds. The van der Waals surface area contributed by atoms with Crippen LogP contribution >= 0.6 is 0 Å². The van der Waals surface area contributed by atoms with E-state index in [0.717, 1.165) is 29.7 Å². The van der Waals surface area contributed by atoms with Crippen LogP contribution in [0.2, 0.25) is 0 Å². The molecule has 166 valence electrons.